The second-order valence-electron chi connectivity index (χ2n) is 4.57. The van der Waals surface area contributed by atoms with Crippen LogP contribution in [0.5, 0.6) is 0 Å². The van der Waals surface area contributed by atoms with E-state index in [1.165, 1.54) is 11.3 Å². The highest BCUT2D eigenvalue weighted by atomic mass is 79.9. The van der Waals surface area contributed by atoms with Crippen LogP contribution in [-0.2, 0) is 11.2 Å². The van der Waals surface area contributed by atoms with Gasteiger partial charge in [-0.05, 0) is 46.5 Å². The topological polar surface area (TPSA) is 38.5 Å². The summed E-state index contributed by atoms with van der Waals surface area (Å²) in [6.45, 7) is 3.72. The Morgan fingerprint density at radius 1 is 1.44 bits per heavy atom. The van der Waals surface area contributed by atoms with Gasteiger partial charge in [-0.15, -0.1) is 0 Å². The van der Waals surface area contributed by atoms with Crippen LogP contribution in [0.2, 0.25) is 0 Å². The Labute approximate surface area is 118 Å². The monoisotopic (exact) mass is 314 g/mol. The van der Waals surface area contributed by atoms with Gasteiger partial charge < -0.3 is 15.4 Å². The van der Waals surface area contributed by atoms with Gasteiger partial charge in [-0.2, -0.15) is 0 Å². The summed E-state index contributed by atoms with van der Waals surface area (Å²) >= 11 is 3.63. The molecule has 0 aliphatic rings. The number of rotatable bonds is 7. The molecule has 18 heavy (non-hydrogen) atoms. The number of methoxy groups -OCH3 is 1. The Hall–Kier alpha value is -0.580. The largest absolute Gasteiger partial charge is 0.383 e. The molecule has 1 unspecified atom stereocenters. The van der Waals surface area contributed by atoms with E-state index in [0.717, 1.165) is 30.5 Å². The summed E-state index contributed by atoms with van der Waals surface area (Å²) in [6.07, 6.45) is 1.93. The highest BCUT2D eigenvalue weighted by molar-refractivity contribution is 9.10. The van der Waals surface area contributed by atoms with Crippen molar-refractivity contribution in [1.82, 2.24) is 0 Å². The average Bonchev–Trinajstić information content (AvgIpc) is 2.36. The molecule has 0 amide bonds. The fraction of sp³-hybridized carbons (Fsp3) is 0.571. The van der Waals surface area contributed by atoms with Gasteiger partial charge in [0.2, 0.25) is 0 Å². The van der Waals surface area contributed by atoms with Gasteiger partial charge in [0.1, 0.15) is 0 Å². The van der Waals surface area contributed by atoms with E-state index in [4.69, 9.17) is 10.5 Å². The summed E-state index contributed by atoms with van der Waals surface area (Å²) in [5.41, 5.74) is 8.44. The second-order valence-corrected chi connectivity index (χ2v) is 5.43. The van der Waals surface area contributed by atoms with E-state index in [2.05, 4.69) is 53.0 Å². The maximum atomic E-state index is 5.98. The number of nitrogens with two attached hydrogens (primary N) is 1. The first-order valence-corrected chi connectivity index (χ1v) is 7.11. The quantitative estimate of drug-likeness (QED) is 0.841. The maximum absolute atomic E-state index is 5.98. The third kappa shape index (κ3) is 4.59. The molecule has 0 heterocycles. The molecule has 1 aromatic carbocycles. The number of hydrogen-bond donors (Lipinski definition) is 1. The van der Waals surface area contributed by atoms with Crippen LogP contribution in [0.15, 0.2) is 22.7 Å². The average molecular weight is 315 g/mol. The molecule has 4 heteroatoms. The van der Waals surface area contributed by atoms with E-state index in [-0.39, 0.29) is 6.04 Å². The molecule has 2 N–H and O–H groups in total. The number of hydrogen-bond acceptors (Lipinski definition) is 3. The molecule has 0 saturated heterocycles. The highest BCUT2D eigenvalue weighted by Gasteiger charge is 2.08. The van der Waals surface area contributed by atoms with Crippen LogP contribution in [0, 0.1) is 0 Å². The summed E-state index contributed by atoms with van der Waals surface area (Å²) in [5, 5.41) is 0. The Kier molecular flexibility index (Phi) is 6.68. The molecule has 0 fully saturated rings. The molecule has 0 aliphatic carbocycles. The zero-order valence-corrected chi connectivity index (χ0v) is 13.0. The molecular weight excluding hydrogens is 292 g/mol. The van der Waals surface area contributed by atoms with Crippen molar-refractivity contribution in [3.8, 4) is 0 Å². The van der Waals surface area contributed by atoms with Gasteiger partial charge in [-0.1, -0.05) is 13.0 Å². The van der Waals surface area contributed by atoms with Gasteiger partial charge in [-0.3, -0.25) is 0 Å². The van der Waals surface area contributed by atoms with Gasteiger partial charge in [0.15, 0.2) is 0 Å². The van der Waals surface area contributed by atoms with Crippen LogP contribution in [0.4, 0.5) is 5.69 Å². The molecule has 3 nitrogen and oxygen atoms in total. The molecule has 0 radical (unpaired) electrons. The van der Waals surface area contributed by atoms with E-state index in [9.17, 15) is 0 Å². The van der Waals surface area contributed by atoms with Crippen LogP contribution < -0.4 is 10.6 Å². The van der Waals surface area contributed by atoms with Crippen molar-refractivity contribution < 1.29 is 4.74 Å². The summed E-state index contributed by atoms with van der Waals surface area (Å²) in [6, 6.07) is 6.69. The molecule has 102 valence electrons. The first-order chi connectivity index (χ1) is 8.58. The fourth-order valence-electron chi connectivity index (χ4n) is 1.78. The standard InChI is InChI=1S/C14H23BrN2O/c1-4-12(16)9-11-5-6-14(13(15)10-11)17(2)7-8-18-3/h5-6,10,12H,4,7-9,16H2,1-3H3. The summed E-state index contributed by atoms with van der Waals surface area (Å²) < 4.78 is 6.20. The lowest BCUT2D eigenvalue weighted by Crippen LogP contribution is -2.23. The molecule has 0 spiro atoms. The van der Waals surface area contributed by atoms with Crippen molar-refractivity contribution in [3.63, 3.8) is 0 Å². The number of anilines is 1. The molecule has 0 aliphatic heterocycles. The smallest absolute Gasteiger partial charge is 0.0637 e. The predicted molar refractivity (Wildman–Crippen MR) is 81.3 cm³/mol. The number of halogens is 1. The summed E-state index contributed by atoms with van der Waals surface area (Å²) in [5.74, 6) is 0. The van der Waals surface area contributed by atoms with Gasteiger partial charge in [0, 0.05) is 31.2 Å². The molecule has 1 atom stereocenters. The summed E-state index contributed by atoms with van der Waals surface area (Å²) in [7, 11) is 3.79. The van der Waals surface area contributed by atoms with Crippen molar-refractivity contribution >= 4 is 21.6 Å². The predicted octanol–water partition coefficient (Wildman–Crippen LogP) is 2.81. The van der Waals surface area contributed by atoms with Crippen molar-refractivity contribution in [3.05, 3.63) is 28.2 Å². The minimum absolute atomic E-state index is 0.244. The fourth-order valence-corrected chi connectivity index (χ4v) is 2.51. The van der Waals surface area contributed by atoms with E-state index >= 15 is 0 Å². The lowest BCUT2D eigenvalue weighted by atomic mass is 10.0. The zero-order chi connectivity index (χ0) is 13.5. The van der Waals surface area contributed by atoms with Crippen molar-refractivity contribution in [2.24, 2.45) is 5.73 Å². The SMILES string of the molecule is CCC(N)Cc1ccc(N(C)CCOC)c(Br)c1. The second kappa shape index (κ2) is 7.77. The Morgan fingerprint density at radius 2 is 2.17 bits per heavy atom. The maximum Gasteiger partial charge on any atom is 0.0637 e. The Morgan fingerprint density at radius 3 is 2.72 bits per heavy atom. The molecule has 1 aromatic rings. The minimum Gasteiger partial charge on any atom is -0.383 e. The molecular formula is C14H23BrN2O. The third-order valence-electron chi connectivity index (χ3n) is 3.08. The lowest BCUT2D eigenvalue weighted by Gasteiger charge is -2.21. The minimum atomic E-state index is 0.244. The lowest BCUT2D eigenvalue weighted by molar-refractivity contribution is 0.206. The van der Waals surface area contributed by atoms with E-state index in [0.29, 0.717) is 0 Å². The highest BCUT2D eigenvalue weighted by Crippen LogP contribution is 2.27. The summed E-state index contributed by atoms with van der Waals surface area (Å²) in [4.78, 5) is 2.18. The van der Waals surface area contributed by atoms with Crippen LogP contribution in [-0.4, -0.2) is 33.4 Å². The van der Waals surface area contributed by atoms with Crippen LogP contribution in [0.1, 0.15) is 18.9 Å². The van der Waals surface area contributed by atoms with Crippen molar-refractivity contribution in [2.45, 2.75) is 25.8 Å². The van der Waals surface area contributed by atoms with Gasteiger partial charge >= 0.3 is 0 Å². The van der Waals surface area contributed by atoms with Gasteiger partial charge in [0.05, 0.1) is 12.3 Å². The molecule has 0 saturated carbocycles. The Bertz CT molecular complexity index is 371. The van der Waals surface area contributed by atoms with Crippen LogP contribution >= 0.6 is 15.9 Å². The number of nitrogens with zero attached hydrogens (tertiary/aromatic N) is 1. The normalized spacial score (nSPS) is 12.5. The Balaban J connectivity index is 2.72. The third-order valence-corrected chi connectivity index (χ3v) is 3.71. The van der Waals surface area contributed by atoms with Gasteiger partial charge in [-0.25, -0.2) is 0 Å². The van der Waals surface area contributed by atoms with Crippen LogP contribution in [0.25, 0.3) is 0 Å². The van der Waals surface area contributed by atoms with E-state index in [1.54, 1.807) is 7.11 Å². The first-order valence-electron chi connectivity index (χ1n) is 6.32. The molecule has 1 rings (SSSR count). The first kappa shape index (κ1) is 15.5. The molecule has 0 bridgehead atoms. The molecule has 0 aromatic heterocycles. The number of benzene rings is 1. The van der Waals surface area contributed by atoms with Crippen molar-refractivity contribution in [1.29, 1.82) is 0 Å². The van der Waals surface area contributed by atoms with Crippen LogP contribution in [0.3, 0.4) is 0 Å². The number of ether oxygens (including phenoxy) is 1. The zero-order valence-electron chi connectivity index (χ0n) is 11.4. The van der Waals surface area contributed by atoms with E-state index < -0.39 is 0 Å². The van der Waals surface area contributed by atoms with E-state index in [1.807, 2.05) is 0 Å². The van der Waals surface area contributed by atoms with Crippen molar-refractivity contribution in [2.75, 3.05) is 32.2 Å². The van der Waals surface area contributed by atoms with Gasteiger partial charge in [0.25, 0.3) is 0 Å². The number of likely N-dealkylation sites (N-methyl/N-ethyl adjacent to an activating group) is 1.